The molecule has 0 radical (unpaired) electrons. The van der Waals surface area contributed by atoms with E-state index < -0.39 is 10.0 Å². The van der Waals surface area contributed by atoms with E-state index in [2.05, 4.69) is 15.0 Å². The van der Waals surface area contributed by atoms with Crippen molar-refractivity contribution in [1.29, 1.82) is 0 Å². The van der Waals surface area contributed by atoms with Crippen molar-refractivity contribution in [2.75, 3.05) is 4.72 Å². The number of hydrogen-bond donors (Lipinski definition) is 1. The van der Waals surface area contributed by atoms with Gasteiger partial charge in [-0.1, -0.05) is 40.6 Å². The van der Waals surface area contributed by atoms with Crippen molar-refractivity contribution in [3.63, 3.8) is 0 Å². The van der Waals surface area contributed by atoms with Gasteiger partial charge in [-0.25, -0.2) is 8.42 Å². The van der Waals surface area contributed by atoms with Crippen molar-refractivity contribution in [3.05, 3.63) is 47.5 Å². The Bertz CT molecular complexity index is 923. The standard InChI is InChI=1S/C15H15N3O4S/c1-9-13(14(22-16-9)12-7-5-4-6-8-12)18-23(19,20)15-10(2)17-21-11(15)3/h4-8,18H,1-3H3. The summed E-state index contributed by atoms with van der Waals surface area (Å²) in [5, 5.41) is 7.54. The lowest BCUT2D eigenvalue weighted by Crippen LogP contribution is -2.15. The van der Waals surface area contributed by atoms with E-state index >= 15 is 0 Å². The fourth-order valence-electron chi connectivity index (χ4n) is 2.32. The molecule has 0 saturated heterocycles. The Morgan fingerprint density at radius 2 is 1.61 bits per heavy atom. The van der Waals surface area contributed by atoms with Crippen molar-refractivity contribution >= 4 is 15.7 Å². The summed E-state index contributed by atoms with van der Waals surface area (Å²) in [5.41, 5.74) is 1.77. The van der Waals surface area contributed by atoms with Crippen LogP contribution in [0.2, 0.25) is 0 Å². The summed E-state index contributed by atoms with van der Waals surface area (Å²) in [7, 11) is -3.86. The van der Waals surface area contributed by atoms with E-state index in [0.717, 1.165) is 5.56 Å². The second kappa shape index (κ2) is 5.54. The number of aryl methyl sites for hydroxylation is 3. The number of sulfonamides is 1. The fourth-order valence-corrected chi connectivity index (χ4v) is 3.77. The van der Waals surface area contributed by atoms with Crippen molar-refractivity contribution in [1.82, 2.24) is 10.3 Å². The zero-order chi connectivity index (χ0) is 16.6. The van der Waals surface area contributed by atoms with Crippen LogP contribution in [0.15, 0.2) is 44.3 Å². The lowest BCUT2D eigenvalue weighted by molar-refractivity contribution is 0.390. The number of benzene rings is 1. The highest BCUT2D eigenvalue weighted by Gasteiger charge is 2.27. The molecule has 120 valence electrons. The third kappa shape index (κ3) is 2.72. The summed E-state index contributed by atoms with van der Waals surface area (Å²) < 4.78 is 38.1. The molecule has 3 aromatic rings. The Balaban J connectivity index is 2.06. The predicted octanol–water partition coefficient (Wildman–Crippen LogP) is 3.06. The molecule has 1 aromatic carbocycles. The van der Waals surface area contributed by atoms with Crippen LogP contribution in [0.4, 0.5) is 5.69 Å². The summed E-state index contributed by atoms with van der Waals surface area (Å²) in [4.78, 5) is 0.0251. The van der Waals surface area contributed by atoms with Crippen molar-refractivity contribution in [2.24, 2.45) is 0 Å². The number of rotatable bonds is 4. The van der Waals surface area contributed by atoms with Crippen LogP contribution in [0.1, 0.15) is 17.1 Å². The molecule has 2 heterocycles. The van der Waals surface area contributed by atoms with Crippen LogP contribution in [0.5, 0.6) is 0 Å². The molecule has 0 unspecified atom stereocenters. The SMILES string of the molecule is Cc1noc(-c2ccccc2)c1NS(=O)(=O)c1c(C)noc1C. The van der Waals surface area contributed by atoms with Crippen LogP contribution in [0.3, 0.4) is 0 Å². The quantitative estimate of drug-likeness (QED) is 0.788. The lowest BCUT2D eigenvalue weighted by Gasteiger charge is -2.08. The van der Waals surface area contributed by atoms with E-state index in [1.54, 1.807) is 20.8 Å². The molecule has 0 bridgehead atoms. The zero-order valence-electron chi connectivity index (χ0n) is 12.8. The Morgan fingerprint density at radius 1 is 0.957 bits per heavy atom. The molecule has 0 amide bonds. The third-order valence-corrected chi connectivity index (χ3v) is 4.96. The molecule has 3 rings (SSSR count). The van der Waals surface area contributed by atoms with Gasteiger partial charge >= 0.3 is 0 Å². The molecule has 0 spiro atoms. The summed E-state index contributed by atoms with van der Waals surface area (Å²) >= 11 is 0. The van der Waals surface area contributed by atoms with Gasteiger partial charge in [0.25, 0.3) is 10.0 Å². The van der Waals surface area contributed by atoms with Crippen LogP contribution in [-0.2, 0) is 10.0 Å². The number of aromatic nitrogens is 2. The first-order valence-electron chi connectivity index (χ1n) is 6.87. The second-order valence-corrected chi connectivity index (χ2v) is 6.72. The van der Waals surface area contributed by atoms with Gasteiger partial charge in [0.05, 0.1) is 0 Å². The Labute approximate surface area is 133 Å². The molecular formula is C15H15N3O4S. The van der Waals surface area contributed by atoms with Crippen LogP contribution < -0.4 is 4.72 Å². The van der Waals surface area contributed by atoms with Crippen molar-refractivity contribution < 1.29 is 17.5 Å². The molecule has 0 aliphatic rings. The average Bonchev–Trinajstić information content (AvgIpc) is 3.03. The van der Waals surface area contributed by atoms with Gasteiger partial charge in [0, 0.05) is 5.56 Å². The number of hydrogen-bond acceptors (Lipinski definition) is 6. The predicted molar refractivity (Wildman–Crippen MR) is 83.5 cm³/mol. The molecule has 1 N–H and O–H groups in total. The fraction of sp³-hybridized carbons (Fsp3) is 0.200. The van der Waals surface area contributed by atoms with Crippen LogP contribution in [-0.4, -0.2) is 18.7 Å². The van der Waals surface area contributed by atoms with E-state index in [-0.39, 0.29) is 10.7 Å². The monoisotopic (exact) mass is 333 g/mol. The summed E-state index contributed by atoms with van der Waals surface area (Å²) in [6.07, 6.45) is 0. The van der Waals surface area contributed by atoms with Crippen LogP contribution >= 0.6 is 0 Å². The van der Waals surface area contributed by atoms with Gasteiger partial charge in [0.15, 0.2) is 16.4 Å². The third-order valence-electron chi connectivity index (χ3n) is 3.37. The summed E-state index contributed by atoms with van der Waals surface area (Å²) in [5.74, 6) is 0.587. The van der Waals surface area contributed by atoms with Crippen molar-refractivity contribution in [3.8, 4) is 11.3 Å². The Kier molecular flexibility index (Phi) is 3.69. The maximum Gasteiger partial charge on any atom is 0.267 e. The minimum atomic E-state index is -3.86. The molecule has 23 heavy (non-hydrogen) atoms. The highest BCUT2D eigenvalue weighted by Crippen LogP contribution is 2.33. The van der Waals surface area contributed by atoms with Gasteiger partial charge in [0.2, 0.25) is 0 Å². The van der Waals surface area contributed by atoms with Gasteiger partial charge in [-0.05, 0) is 20.8 Å². The van der Waals surface area contributed by atoms with E-state index in [1.165, 1.54) is 0 Å². The number of nitrogens with zero attached hydrogens (tertiary/aromatic N) is 2. The minimum absolute atomic E-state index is 0.0251. The van der Waals surface area contributed by atoms with E-state index in [1.807, 2.05) is 30.3 Å². The van der Waals surface area contributed by atoms with Crippen molar-refractivity contribution in [2.45, 2.75) is 25.7 Å². The molecule has 0 saturated carbocycles. The number of anilines is 1. The van der Waals surface area contributed by atoms with Gasteiger partial charge in [-0.3, -0.25) is 4.72 Å². The highest BCUT2D eigenvalue weighted by molar-refractivity contribution is 7.92. The molecule has 0 aliphatic heterocycles. The smallest absolute Gasteiger partial charge is 0.267 e. The zero-order valence-corrected chi connectivity index (χ0v) is 13.6. The topological polar surface area (TPSA) is 98.2 Å². The normalized spacial score (nSPS) is 11.6. The average molecular weight is 333 g/mol. The van der Waals surface area contributed by atoms with Crippen LogP contribution in [0.25, 0.3) is 11.3 Å². The first-order valence-corrected chi connectivity index (χ1v) is 8.36. The van der Waals surface area contributed by atoms with Crippen LogP contribution in [0, 0.1) is 20.8 Å². The molecular weight excluding hydrogens is 318 g/mol. The first-order chi connectivity index (χ1) is 10.9. The minimum Gasteiger partial charge on any atom is -0.360 e. The highest BCUT2D eigenvalue weighted by atomic mass is 32.2. The lowest BCUT2D eigenvalue weighted by atomic mass is 10.1. The second-order valence-electron chi connectivity index (χ2n) is 5.10. The first kappa shape index (κ1) is 15.3. The Hall–Kier alpha value is -2.61. The van der Waals surface area contributed by atoms with Gasteiger partial charge in [0.1, 0.15) is 17.1 Å². The van der Waals surface area contributed by atoms with E-state index in [4.69, 9.17) is 9.05 Å². The molecule has 7 nitrogen and oxygen atoms in total. The maximum atomic E-state index is 12.7. The summed E-state index contributed by atoms with van der Waals surface area (Å²) in [6.45, 7) is 4.79. The molecule has 0 fully saturated rings. The molecule has 0 atom stereocenters. The van der Waals surface area contributed by atoms with Gasteiger partial charge in [-0.2, -0.15) is 0 Å². The largest absolute Gasteiger partial charge is 0.360 e. The van der Waals surface area contributed by atoms with E-state index in [0.29, 0.717) is 22.8 Å². The Morgan fingerprint density at radius 3 is 2.22 bits per heavy atom. The number of nitrogens with one attached hydrogen (secondary N) is 1. The maximum absolute atomic E-state index is 12.7. The van der Waals surface area contributed by atoms with E-state index in [9.17, 15) is 8.42 Å². The molecule has 2 aromatic heterocycles. The molecule has 0 aliphatic carbocycles. The molecule has 8 heteroatoms. The summed E-state index contributed by atoms with van der Waals surface area (Å²) in [6, 6.07) is 9.15. The van der Waals surface area contributed by atoms with Gasteiger partial charge in [-0.15, -0.1) is 0 Å². The van der Waals surface area contributed by atoms with Gasteiger partial charge < -0.3 is 9.05 Å².